The van der Waals surface area contributed by atoms with Gasteiger partial charge in [-0.1, -0.05) is 38.1 Å². The quantitative estimate of drug-likeness (QED) is 0.845. The van der Waals surface area contributed by atoms with E-state index in [1.807, 2.05) is 0 Å². The Hall–Kier alpha value is -0.640. The molecule has 0 saturated carbocycles. The molecule has 1 unspecified atom stereocenters. The zero-order valence-electron chi connectivity index (χ0n) is 10.9. The number of halogens is 1. The fourth-order valence-electron chi connectivity index (χ4n) is 1.89. The highest BCUT2D eigenvalue weighted by Crippen LogP contribution is 2.32. The van der Waals surface area contributed by atoms with E-state index in [9.17, 15) is 0 Å². The van der Waals surface area contributed by atoms with Crippen molar-refractivity contribution < 1.29 is 0 Å². The van der Waals surface area contributed by atoms with Gasteiger partial charge in [0.2, 0.25) is 0 Å². The lowest BCUT2D eigenvalue weighted by Crippen LogP contribution is -2.10. The maximum atomic E-state index is 6.31. The fourth-order valence-corrected chi connectivity index (χ4v) is 3.48. The molecule has 0 fully saturated rings. The molecule has 1 atom stereocenters. The molecule has 1 heterocycles. The maximum absolute atomic E-state index is 6.31. The van der Waals surface area contributed by atoms with Gasteiger partial charge < -0.3 is 5.73 Å². The number of hydrogen-bond acceptors (Lipinski definition) is 2. The molecule has 0 amide bonds. The number of nitrogens with two attached hydrogens (primary N) is 1. The van der Waals surface area contributed by atoms with Crippen molar-refractivity contribution in [1.82, 2.24) is 0 Å². The Labute approximate surface area is 121 Å². The highest BCUT2D eigenvalue weighted by molar-refractivity contribution is 9.10. The maximum Gasteiger partial charge on any atom is 0.0646 e. The van der Waals surface area contributed by atoms with E-state index < -0.39 is 0 Å². The first-order valence-corrected chi connectivity index (χ1v) is 7.71. The molecule has 3 heteroatoms. The number of hydrogen-bond donors (Lipinski definition) is 1. The SMILES string of the molecule is Cc1sc(C(N)c2ccc(C(C)C)cc2)cc1Br. The van der Waals surface area contributed by atoms with Crippen molar-refractivity contribution in [2.75, 3.05) is 0 Å². The molecule has 0 bridgehead atoms. The summed E-state index contributed by atoms with van der Waals surface area (Å²) in [4.78, 5) is 2.48. The standard InChI is InChI=1S/C15H18BrNS/c1-9(2)11-4-6-12(7-5-11)15(17)14-8-13(16)10(3)18-14/h4-9,15H,17H2,1-3H3. The van der Waals surface area contributed by atoms with Crippen LogP contribution in [0, 0.1) is 6.92 Å². The van der Waals surface area contributed by atoms with Gasteiger partial charge in [0.25, 0.3) is 0 Å². The lowest BCUT2D eigenvalue weighted by Gasteiger charge is -2.12. The molecular formula is C15H18BrNS. The second-order valence-corrected chi connectivity index (χ2v) is 6.99. The Morgan fingerprint density at radius 3 is 2.11 bits per heavy atom. The van der Waals surface area contributed by atoms with Crippen LogP contribution in [0.5, 0.6) is 0 Å². The van der Waals surface area contributed by atoms with Gasteiger partial charge in [0.1, 0.15) is 0 Å². The van der Waals surface area contributed by atoms with Crippen LogP contribution in [-0.4, -0.2) is 0 Å². The van der Waals surface area contributed by atoms with Gasteiger partial charge in [0.05, 0.1) is 6.04 Å². The summed E-state index contributed by atoms with van der Waals surface area (Å²) in [6.45, 7) is 6.51. The molecule has 2 rings (SSSR count). The van der Waals surface area contributed by atoms with Crippen molar-refractivity contribution in [3.8, 4) is 0 Å². The first-order valence-electron chi connectivity index (χ1n) is 6.10. The van der Waals surface area contributed by atoms with E-state index in [0.29, 0.717) is 5.92 Å². The third-order valence-corrected chi connectivity index (χ3v) is 5.36. The number of benzene rings is 1. The van der Waals surface area contributed by atoms with Gasteiger partial charge in [-0.2, -0.15) is 0 Å². The molecule has 0 aliphatic heterocycles. The predicted molar refractivity (Wildman–Crippen MR) is 83.3 cm³/mol. The van der Waals surface area contributed by atoms with Crippen LogP contribution >= 0.6 is 27.3 Å². The van der Waals surface area contributed by atoms with Gasteiger partial charge in [0.15, 0.2) is 0 Å². The van der Waals surface area contributed by atoms with Crippen molar-refractivity contribution in [2.24, 2.45) is 5.73 Å². The molecule has 18 heavy (non-hydrogen) atoms. The monoisotopic (exact) mass is 323 g/mol. The normalized spacial score (nSPS) is 13.0. The topological polar surface area (TPSA) is 26.0 Å². The summed E-state index contributed by atoms with van der Waals surface area (Å²) >= 11 is 5.30. The van der Waals surface area contributed by atoms with Gasteiger partial charge in [-0.05, 0) is 46.0 Å². The number of thiophene rings is 1. The lowest BCUT2D eigenvalue weighted by molar-refractivity contribution is 0.854. The zero-order chi connectivity index (χ0) is 13.3. The minimum atomic E-state index is -0.0267. The molecule has 1 aromatic heterocycles. The van der Waals surface area contributed by atoms with E-state index >= 15 is 0 Å². The molecule has 1 nitrogen and oxygen atoms in total. The minimum Gasteiger partial charge on any atom is -0.320 e. The highest BCUT2D eigenvalue weighted by atomic mass is 79.9. The van der Waals surface area contributed by atoms with Crippen LogP contribution in [0.3, 0.4) is 0 Å². The van der Waals surface area contributed by atoms with Crippen molar-refractivity contribution >= 4 is 27.3 Å². The van der Waals surface area contributed by atoms with E-state index in [1.165, 1.54) is 20.9 Å². The van der Waals surface area contributed by atoms with E-state index in [1.54, 1.807) is 11.3 Å². The largest absolute Gasteiger partial charge is 0.320 e. The molecule has 2 aromatic rings. The third kappa shape index (κ3) is 2.85. The van der Waals surface area contributed by atoms with Gasteiger partial charge >= 0.3 is 0 Å². The minimum absolute atomic E-state index is 0.0267. The average molecular weight is 324 g/mol. The molecular weight excluding hydrogens is 306 g/mol. The second kappa shape index (κ2) is 5.55. The fraction of sp³-hybridized carbons (Fsp3) is 0.333. The van der Waals surface area contributed by atoms with Crippen LogP contribution in [-0.2, 0) is 0 Å². The van der Waals surface area contributed by atoms with Crippen LogP contribution in [0.2, 0.25) is 0 Å². The van der Waals surface area contributed by atoms with Gasteiger partial charge in [-0.15, -0.1) is 11.3 Å². The Morgan fingerprint density at radius 2 is 1.67 bits per heavy atom. The smallest absolute Gasteiger partial charge is 0.0646 e. The lowest BCUT2D eigenvalue weighted by atomic mass is 9.99. The summed E-state index contributed by atoms with van der Waals surface area (Å²) in [7, 11) is 0. The second-order valence-electron chi connectivity index (χ2n) is 4.85. The van der Waals surface area contributed by atoms with E-state index in [4.69, 9.17) is 5.73 Å². The van der Waals surface area contributed by atoms with Crippen LogP contribution in [0.25, 0.3) is 0 Å². The van der Waals surface area contributed by atoms with Crippen LogP contribution in [0.4, 0.5) is 0 Å². The average Bonchev–Trinajstić information content (AvgIpc) is 2.69. The molecule has 0 spiro atoms. The predicted octanol–water partition coefficient (Wildman–Crippen LogP) is 4.99. The first kappa shape index (κ1) is 13.8. The van der Waals surface area contributed by atoms with E-state index in [2.05, 4.69) is 67.0 Å². The zero-order valence-corrected chi connectivity index (χ0v) is 13.3. The Morgan fingerprint density at radius 1 is 1.11 bits per heavy atom. The van der Waals surface area contributed by atoms with Crippen molar-refractivity contribution in [3.05, 3.63) is 55.7 Å². The van der Waals surface area contributed by atoms with Gasteiger partial charge in [-0.3, -0.25) is 0 Å². The van der Waals surface area contributed by atoms with Crippen LogP contribution in [0.1, 0.15) is 46.7 Å². The molecule has 2 N–H and O–H groups in total. The van der Waals surface area contributed by atoms with Gasteiger partial charge in [0, 0.05) is 14.2 Å². The number of rotatable bonds is 3. The highest BCUT2D eigenvalue weighted by Gasteiger charge is 2.13. The van der Waals surface area contributed by atoms with Gasteiger partial charge in [-0.25, -0.2) is 0 Å². The van der Waals surface area contributed by atoms with E-state index in [0.717, 1.165) is 4.47 Å². The summed E-state index contributed by atoms with van der Waals surface area (Å²) in [6.07, 6.45) is 0. The summed E-state index contributed by atoms with van der Waals surface area (Å²) in [5.74, 6) is 0.563. The molecule has 0 aliphatic carbocycles. The Kier molecular flexibility index (Phi) is 4.25. The van der Waals surface area contributed by atoms with Crippen molar-refractivity contribution in [2.45, 2.75) is 32.7 Å². The molecule has 96 valence electrons. The molecule has 0 radical (unpaired) electrons. The summed E-state index contributed by atoms with van der Waals surface area (Å²) in [5, 5.41) is 0. The Bertz CT molecular complexity index is 508. The van der Waals surface area contributed by atoms with Crippen molar-refractivity contribution in [3.63, 3.8) is 0 Å². The van der Waals surface area contributed by atoms with E-state index in [-0.39, 0.29) is 6.04 Å². The molecule has 1 aromatic carbocycles. The van der Waals surface area contributed by atoms with Crippen LogP contribution in [0.15, 0.2) is 34.8 Å². The molecule has 0 aliphatic rings. The number of aryl methyl sites for hydroxylation is 1. The molecule has 0 saturated heterocycles. The summed E-state index contributed by atoms with van der Waals surface area (Å²) < 4.78 is 1.15. The van der Waals surface area contributed by atoms with Crippen LogP contribution < -0.4 is 5.73 Å². The Balaban J connectivity index is 2.25. The van der Waals surface area contributed by atoms with Crippen molar-refractivity contribution in [1.29, 1.82) is 0 Å². The first-order chi connectivity index (χ1) is 8.49. The summed E-state index contributed by atoms with van der Waals surface area (Å²) in [6, 6.07) is 10.7. The summed E-state index contributed by atoms with van der Waals surface area (Å²) in [5.41, 5.74) is 8.84. The third-order valence-electron chi connectivity index (χ3n) is 3.15.